The number of carbonyl (C=O) groups is 3. The molecule has 0 aromatic heterocycles. The zero-order valence-electron chi connectivity index (χ0n) is 15.6. The first-order chi connectivity index (χ1) is 12.7. The van der Waals surface area contributed by atoms with Gasteiger partial charge in [-0.3, -0.25) is 4.79 Å². The summed E-state index contributed by atoms with van der Waals surface area (Å²) in [5, 5.41) is 2.09. The molecule has 0 saturated heterocycles. The summed E-state index contributed by atoms with van der Waals surface area (Å²) in [5.41, 5.74) is -0.0940. The quantitative estimate of drug-likeness (QED) is 0.541. The first-order valence-corrected chi connectivity index (χ1v) is 8.78. The highest BCUT2D eigenvalue weighted by Gasteiger charge is 2.18. The third-order valence-corrected chi connectivity index (χ3v) is 3.50. The fourth-order valence-corrected chi connectivity index (χ4v) is 2.22. The van der Waals surface area contributed by atoms with Crippen molar-refractivity contribution in [2.24, 2.45) is 4.99 Å². The van der Waals surface area contributed by atoms with Gasteiger partial charge in [0.2, 0.25) is 0 Å². The smallest absolute Gasteiger partial charge is 0.345 e. The molecular weight excluding hydrogens is 379 g/mol. The van der Waals surface area contributed by atoms with Crippen molar-refractivity contribution >= 4 is 41.0 Å². The maximum absolute atomic E-state index is 14.1. The highest BCUT2D eigenvalue weighted by atomic mass is 35.5. The molecule has 0 bridgehead atoms. The average Bonchev–Trinajstić information content (AvgIpc) is 2.56. The first kappa shape index (κ1) is 22.6. The third-order valence-electron chi connectivity index (χ3n) is 3.18. The van der Waals surface area contributed by atoms with Crippen molar-refractivity contribution in [2.45, 2.75) is 46.6 Å². The number of benzene rings is 1. The summed E-state index contributed by atoms with van der Waals surface area (Å²) in [7, 11) is 0. The molecule has 148 valence electrons. The second-order valence-corrected chi connectivity index (χ2v) is 6.12. The molecule has 0 heterocycles. The fraction of sp³-hybridized carbons (Fsp3) is 0.444. The molecule has 0 radical (unpaired) electrons. The van der Waals surface area contributed by atoms with Crippen LogP contribution in [0.3, 0.4) is 0 Å². The number of esters is 2. The Morgan fingerprint density at radius 2 is 1.93 bits per heavy atom. The number of ether oxygens (including phenoxy) is 2. The number of rotatable bonds is 7. The molecule has 1 rings (SSSR count). The molecule has 0 aliphatic heterocycles. The van der Waals surface area contributed by atoms with E-state index in [0.717, 1.165) is 12.1 Å². The number of urea groups is 1. The predicted molar refractivity (Wildman–Crippen MR) is 100.0 cm³/mol. The number of amides is 2. The topological polar surface area (TPSA) is 94.1 Å². The van der Waals surface area contributed by atoms with Crippen molar-refractivity contribution in [3.05, 3.63) is 28.5 Å². The second-order valence-electron chi connectivity index (χ2n) is 5.71. The van der Waals surface area contributed by atoms with Crippen LogP contribution >= 0.6 is 11.6 Å². The van der Waals surface area contributed by atoms with Crippen molar-refractivity contribution in [1.82, 2.24) is 0 Å². The second kappa shape index (κ2) is 10.6. The van der Waals surface area contributed by atoms with Crippen LogP contribution in [0, 0.1) is 5.82 Å². The standard InChI is InChI=1S/C18H22ClFN2O5/c1-5-11(7-16(23)26-6-2)21-18(25)22-15-8-12(13(19)9-14(15)20)17(24)27-10(3)4/h8-10H,5-7H2,1-4H3,(H,22,25). The number of nitrogens with zero attached hydrogens (tertiary/aromatic N) is 1. The SMILES string of the molecule is CCOC(=O)CC(CC)=NC(=O)Nc1cc(C(=O)OC(C)C)c(Cl)cc1F. The number of carbonyl (C=O) groups excluding carboxylic acids is 3. The van der Waals surface area contributed by atoms with Gasteiger partial charge in [0.1, 0.15) is 5.82 Å². The summed E-state index contributed by atoms with van der Waals surface area (Å²) in [5.74, 6) is -2.10. The van der Waals surface area contributed by atoms with Crippen LogP contribution in [0.25, 0.3) is 0 Å². The van der Waals surface area contributed by atoms with E-state index in [1.807, 2.05) is 0 Å². The number of halogens is 2. The first-order valence-electron chi connectivity index (χ1n) is 8.40. The van der Waals surface area contributed by atoms with Crippen LogP contribution in [0.4, 0.5) is 14.9 Å². The third kappa shape index (κ3) is 7.34. The van der Waals surface area contributed by atoms with Gasteiger partial charge in [0.15, 0.2) is 0 Å². The van der Waals surface area contributed by atoms with Crippen LogP contribution in [0.2, 0.25) is 5.02 Å². The van der Waals surface area contributed by atoms with E-state index in [-0.39, 0.29) is 35.0 Å². The summed E-state index contributed by atoms with van der Waals surface area (Å²) in [6.07, 6.45) is -0.204. The van der Waals surface area contributed by atoms with Crippen molar-refractivity contribution in [3.8, 4) is 0 Å². The van der Waals surface area contributed by atoms with Crippen molar-refractivity contribution in [1.29, 1.82) is 0 Å². The van der Waals surface area contributed by atoms with Crippen molar-refractivity contribution in [2.75, 3.05) is 11.9 Å². The lowest BCUT2D eigenvalue weighted by atomic mass is 10.2. The van der Waals surface area contributed by atoms with Crippen LogP contribution in [0.15, 0.2) is 17.1 Å². The van der Waals surface area contributed by atoms with Gasteiger partial charge in [-0.15, -0.1) is 0 Å². The molecule has 1 aromatic carbocycles. The van der Waals surface area contributed by atoms with Crippen LogP contribution in [0.5, 0.6) is 0 Å². The highest BCUT2D eigenvalue weighted by molar-refractivity contribution is 6.33. The number of nitrogens with one attached hydrogen (secondary N) is 1. The number of anilines is 1. The summed E-state index contributed by atoms with van der Waals surface area (Å²) in [6.45, 7) is 6.91. The predicted octanol–water partition coefficient (Wildman–Crippen LogP) is 4.38. The molecule has 1 N–H and O–H groups in total. The van der Waals surface area contributed by atoms with E-state index in [1.54, 1.807) is 27.7 Å². The molecular formula is C18H22ClFN2O5. The van der Waals surface area contributed by atoms with Crippen LogP contribution < -0.4 is 5.32 Å². The van der Waals surface area contributed by atoms with E-state index in [0.29, 0.717) is 6.42 Å². The molecule has 0 unspecified atom stereocenters. The van der Waals surface area contributed by atoms with Gasteiger partial charge in [0.05, 0.1) is 35.4 Å². The van der Waals surface area contributed by atoms with E-state index < -0.39 is 29.9 Å². The number of aliphatic imine (C=N–C) groups is 1. The van der Waals surface area contributed by atoms with E-state index >= 15 is 0 Å². The maximum Gasteiger partial charge on any atom is 0.345 e. The Hall–Kier alpha value is -2.48. The number of hydrogen-bond donors (Lipinski definition) is 1. The van der Waals surface area contributed by atoms with E-state index in [1.165, 1.54) is 0 Å². The van der Waals surface area contributed by atoms with Gasteiger partial charge >= 0.3 is 18.0 Å². The Morgan fingerprint density at radius 3 is 2.48 bits per heavy atom. The molecule has 1 aromatic rings. The van der Waals surface area contributed by atoms with Crippen molar-refractivity contribution in [3.63, 3.8) is 0 Å². The lowest BCUT2D eigenvalue weighted by Gasteiger charge is -2.11. The van der Waals surface area contributed by atoms with Crippen LogP contribution in [0.1, 0.15) is 50.9 Å². The summed E-state index contributed by atoms with van der Waals surface area (Å²) in [6, 6.07) is 1.09. The Balaban J connectivity index is 2.99. The lowest BCUT2D eigenvalue weighted by molar-refractivity contribution is -0.141. The van der Waals surface area contributed by atoms with E-state index in [4.69, 9.17) is 21.1 Å². The number of hydrogen-bond acceptors (Lipinski definition) is 5. The Bertz CT molecular complexity index is 750. The van der Waals surface area contributed by atoms with Gasteiger partial charge in [-0.05, 0) is 39.3 Å². The largest absolute Gasteiger partial charge is 0.466 e. The monoisotopic (exact) mass is 400 g/mol. The van der Waals surface area contributed by atoms with E-state index in [2.05, 4.69) is 10.3 Å². The van der Waals surface area contributed by atoms with E-state index in [9.17, 15) is 18.8 Å². The molecule has 27 heavy (non-hydrogen) atoms. The Labute approximate surface area is 161 Å². The molecule has 0 fully saturated rings. The van der Waals surface area contributed by atoms with Crippen molar-refractivity contribution < 1.29 is 28.2 Å². The fourth-order valence-electron chi connectivity index (χ4n) is 1.99. The van der Waals surface area contributed by atoms with Crippen LogP contribution in [-0.4, -0.2) is 36.4 Å². The summed E-state index contributed by atoms with van der Waals surface area (Å²) in [4.78, 5) is 39.3. The Morgan fingerprint density at radius 1 is 1.26 bits per heavy atom. The maximum atomic E-state index is 14.1. The van der Waals surface area contributed by atoms with Gasteiger partial charge in [0, 0.05) is 5.71 Å². The zero-order chi connectivity index (χ0) is 20.6. The average molecular weight is 401 g/mol. The minimum absolute atomic E-state index is 0.0896. The Kier molecular flexibility index (Phi) is 8.87. The minimum Gasteiger partial charge on any atom is -0.466 e. The summed E-state index contributed by atoms with van der Waals surface area (Å²) < 4.78 is 23.9. The minimum atomic E-state index is -0.888. The van der Waals surface area contributed by atoms with Gasteiger partial charge < -0.3 is 14.8 Å². The lowest BCUT2D eigenvalue weighted by Crippen LogP contribution is -2.16. The normalized spacial score (nSPS) is 11.3. The molecule has 0 atom stereocenters. The molecule has 2 amide bonds. The highest BCUT2D eigenvalue weighted by Crippen LogP contribution is 2.25. The molecule has 0 saturated carbocycles. The molecule has 0 aliphatic carbocycles. The van der Waals surface area contributed by atoms with Gasteiger partial charge in [0.25, 0.3) is 0 Å². The molecule has 0 spiro atoms. The molecule has 9 heteroatoms. The zero-order valence-corrected chi connectivity index (χ0v) is 16.4. The van der Waals surface area contributed by atoms with Gasteiger partial charge in [-0.25, -0.2) is 19.0 Å². The molecule has 7 nitrogen and oxygen atoms in total. The molecule has 0 aliphatic rings. The summed E-state index contributed by atoms with van der Waals surface area (Å²) >= 11 is 5.88. The van der Waals surface area contributed by atoms with Crippen LogP contribution in [-0.2, 0) is 14.3 Å². The van der Waals surface area contributed by atoms with Gasteiger partial charge in [-0.2, -0.15) is 0 Å². The van der Waals surface area contributed by atoms with Gasteiger partial charge in [-0.1, -0.05) is 18.5 Å².